The fourth-order valence-electron chi connectivity index (χ4n) is 1.73. The monoisotopic (exact) mass is 201 g/mol. The highest BCUT2D eigenvalue weighted by Crippen LogP contribution is 2.30. The minimum absolute atomic E-state index is 0.0498. The quantitative estimate of drug-likeness (QED) is 0.629. The van der Waals surface area contributed by atoms with Crippen molar-refractivity contribution in [3.8, 4) is 0 Å². The van der Waals surface area contributed by atoms with Crippen molar-refractivity contribution in [2.24, 2.45) is 5.41 Å². The predicted molar refractivity (Wildman–Crippen MR) is 48.8 cm³/mol. The summed E-state index contributed by atoms with van der Waals surface area (Å²) in [6.45, 7) is 1.16. The average Bonchev–Trinajstić information content (AvgIpc) is 2.19. The third kappa shape index (κ3) is 2.23. The lowest BCUT2D eigenvalue weighted by atomic mass is 9.78. The van der Waals surface area contributed by atoms with Crippen molar-refractivity contribution >= 4 is 11.9 Å². The van der Waals surface area contributed by atoms with E-state index < -0.39 is 17.4 Å². The number of esters is 1. The molecule has 0 saturated carbocycles. The number of methoxy groups -OCH3 is 1. The number of hydrogen-bond acceptors (Lipinski definition) is 4. The maximum Gasteiger partial charge on any atom is 0.311 e. The van der Waals surface area contributed by atoms with Crippen LogP contribution in [0, 0.1) is 5.41 Å². The SMILES string of the molecule is COC(=O)CC1(C(=O)O)CCCNC1. The molecule has 14 heavy (non-hydrogen) atoms. The molecule has 0 radical (unpaired) electrons. The zero-order chi connectivity index (χ0) is 10.6. The fraction of sp³-hybridized carbons (Fsp3) is 0.778. The second kappa shape index (κ2) is 4.41. The first-order chi connectivity index (χ1) is 6.60. The minimum atomic E-state index is -0.967. The van der Waals surface area contributed by atoms with E-state index in [0.29, 0.717) is 13.0 Å². The number of ether oxygens (including phenoxy) is 1. The summed E-state index contributed by atoms with van der Waals surface area (Å²) in [5.41, 5.74) is -0.967. The second-order valence-electron chi connectivity index (χ2n) is 3.62. The molecule has 0 aromatic rings. The third-order valence-corrected chi connectivity index (χ3v) is 2.64. The summed E-state index contributed by atoms with van der Waals surface area (Å²) in [7, 11) is 1.27. The van der Waals surface area contributed by atoms with E-state index in [1.807, 2.05) is 0 Å². The minimum Gasteiger partial charge on any atom is -0.481 e. The Labute approximate surface area is 82.4 Å². The molecule has 1 saturated heterocycles. The number of carboxylic acid groups (broad SMARTS) is 1. The largest absolute Gasteiger partial charge is 0.481 e. The van der Waals surface area contributed by atoms with E-state index in [0.717, 1.165) is 13.0 Å². The Hall–Kier alpha value is -1.10. The van der Waals surface area contributed by atoms with Gasteiger partial charge >= 0.3 is 11.9 Å². The number of carbonyl (C=O) groups excluding carboxylic acids is 1. The number of carbonyl (C=O) groups is 2. The van der Waals surface area contributed by atoms with Gasteiger partial charge in [0.2, 0.25) is 0 Å². The number of nitrogens with one attached hydrogen (secondary N) is 1. The number of carboxylic acids is 1. The molecule has 1 unspecified atom stereocenters. The van der Waals surface area contributed by atoms with Gasteiger partial charge in [0.05, 0.1) is 18.9 Å². The van der Waals surface area contributed by atoms with Crippen LogP contribution in [0.5, 0.6) is 0 Å². The van der Waals surface area contributed by atoms with Crippen LogP contribution >= 0.6 is 0 Å². The van der Waals surface area contributed by atoms with E-state index >= 15 is 0 Å². The molecule has 0 spiro atoms. The molecule has 5 heteroatoms. The van der Waals surface area contributed by atoms with Crippen molar-refractivity contribution in [3.05, 3.63) is 0 Å². The van der Waals surface area contributed by atoms with Gasteiger partial charge in [-0.2, -0.15) is 0 Å². The molecule has 0 bridgehead atoms. The second-order valence-corrected chi connectivity index (χ2v) is 3.62. The summed E-state index contributed by atoms with van der Waals surface area (Å²) in [5.74, 6) is -1.38. The highest BCUT2D eigenvalue weighted by Gasteiger charge is 2.41. The topological polar surface area (TPSA) is 75.6 Å². The van der Waals surface area contributed by atoms with E-state index in [2.05, 4.69) is 10.1 Å². The molecule has 0 aromatic carbocycles. The summed E-state index contributed by atoms with van der Waals surface area (Å²) in [6, 6.07) is 0. The average molecular weight is 201 g/mol. The lowest BCUT2D eigenvalue weighted by Crippen LogP contribution is -2.46. The maximum atomic E-state index is 11.1. The Kier molecular flexibility index (Phi) is 3.46. The molecule has 1 aliphatic rings. The first-order valence-electron chi connectivity index (χ1n) is 4.62. The Morgan fingerprint density at radius 3 is 2.71 bits per heavy atom. The van der Waals surface area contributed by atoms with Crippen molar-refractivity contribution in [2.75, 3.05) is 20.2 Å². The molecule has 5 nitrogen and oxygen atoms in total. The van der Waals surface area contributed by atoms with Crippen molar-refractivity contribution in [2.45, 2.75) is 19.3 Å². The van der Waals surface area contributed by atoms with E-state index in [1.54, 1.807) is 0 Å². The summed E-state index contributed by atoms with van der Waals surface area (Å²) >= 11 is 0. The van der Waals surface area contributed by atoms with E-state index in [-0.39, 0.29) is 6.42 Å². The molecule has 0 aliphatic carbocycles. The zero-order valence-corrected chi connectivity index (χ0v) is 8.21. The number of piperidine rings is 1. The van der Waals surface area contributed by atoms with Crippen LogP contribution in [-0.4, -0.2) is 37.2 Å². The Balaban J connectivity index is 2.70. The molecule has 2 N–H and O–H groups in total. The van der Waals surface area contributed by atoms with Crippen molar-refractivity contribution in [3.63, 3.8) is 0 Å². The molecule has 1 fully saturated rings. The zero-order valence-electron chi connectivity index (χ0n) is 8.21. The highest BCUT2D eigenvalue weighted by atomic mass is 16.5. The molecule has 0 aromatic heterocycles. The van der Waals surface area contributed by atoms with E-state index in [1.165, 1.54) is 7.11 Å². The molecule has 1 rings (SSSR count). The first-order valence-corrected chi connectivity index (χ1v) is 4.62. The van der Waals surface area contributed by atoms with E-state index in [4.69, 9.17) is 5.11 Å². The van der Waals surface area contributed by atoms with Crippen LogP contribution in [0.1, 0.15) is 19.3 Å². The van der Waals surface area contributed by atoms with Crippen LogP contribution in [0.2, 0.25) is 0 Å². The first kappa shape index (κ1) is 11.0. The van der Waals surface area contributed by atoms with Crippen molar-refractivity contribution in [1.82, 2.24) is 5.32 Å². The van der Waals surface area contributed by atoms with Crippen molar-refractivity contribution in [1.29, 1.82) is 0 Å². The van der Waals surface area contributed by atoms with Gasteiger partial charge in [-0.25, -0.2) is 0 Å². The van der Waals surface area contributed by atoms with Gasteiger partial charge in [0, 0.05) is 6.54 Å². The predicted octanol–water partition coefficient (Wildman–Crippen LogP) is 0.00390. The molecule has 1 aliphatic heterocycles. The van der Waals surface area contributed by atoms with Crippen LogP contribution < -0.4 is 5.32 Å². The van der Waals surface area contributed by atoms with Gasteiger partial charge < -0.3 is 15.2 Å². The normalized spacial score (nSPS) is 26.9. The number of rotatable bonds is 3. The van der Waals surface area contributed by atoms with Gasteiger partial charge in [0.15, 0.2) is 0 Å². The lowest BCUT2D eigenvalue weighted by molar-refractivity contribution is -0.158. The van der Waals surface area contributed by atoms with Gasteiger partial charge in [-0.15, -0.1) is 0 Å². The van der Waals surface area contributed by atoms with Crippen LogP contribution in [0.4, 0.5) is 0 Å². The van der Waals surface area contributed by atoms with Gasteiger partial charge in [0.25, 0.3) is 0 Å². The lowest BCUT2D eigenvalue weighted by Gasteiger charge is -2.32. The van der Waals surface area contributed by atoms with E-state index in [9.17, 15) is 9.59 Å². The molecule has 1 atom stereocenters. The maximum absolute atomic E-state index is 11.1. The van der Waals surface area contributed by atoms with Crippen molar-refractivity contribution < 1.29 is 19.4 Å². The Morgan fingerprint density at radius 1 is 1.57 bits per heavy atom. The van der Waals surface area contributed by atoms with Gasteiger partial charge in [0.1, 0.15) is 0 Å². The van der Waals surface area contributed by atoms with Crippen LogP contribution in [-0.2, 0) is 14.3 Å². The molecular weight excluding hydrogens is 186 g/mol. The molecule has 80 valence electrons. The Bertz CT molecular complexity index is 233. The summed E-state index contributed by atoms with van der Waals surface area (Å²) in [5, 5.41) is 12.1. The third-order valence-electron chi connectivity index (χ3n) is 2.64. The summed E-state index contributed by atoms with van der Waals surface area (Å²) in [6.07, 6.45) is 1.26. The summed E-state index contributed by atoms with van der Waals surface area (Å²) in [4.78, 5) is 22.2. The van der Waals surface area contributed by atoms with Crippen LogP contribution in [0.15, 0.2) is 0 Å². The van der Waals surface area contributed by atoms with Gasteiger partial charge in [-0.1, -0.05) is 0 Å². The molecule has 1 heterocycles. The van der Waals surface area contributed by atoms with Crippen LogP contribution in [0.3, 0.4) is 0 Å². The smallest absolute Gasteiger partial charge is 0.311 e. The standard InChI is InChI=1S/C9H15NO4/c1-14-7(11)5-9(8(12)13)3-2-4-10-6-9/h10H,2-6H2,1H3,(H,12,13). The molecular formula is C9H15NO4. The van der Waals surface area contributed by atoms with Crippen LogP contribution in [0.25, 0.3) is 0 Å². The Morgan fingerprint density at radius 2 is 2.29 bits per heavy atom. The number of hydrogen-bond donors (Lipinski definition) is 2. The van der Waals surface area contributed by atoms with Gasteiger partial charge in [-0.3, -0.25) is 9.59 Å². The highest BCUT2D eigenvalue weighted by molar-refractivity contribution is 5.82. The molecule has 0 amide bonds. The fourth-order valence-corrected chi connectivity index (χ4v) is 1.73. The number of aliphatic carboxylic acids is 1. The summed E-state index contributed by atoms with van der Waals surface area (Å²) < 4.78 is 4.50. The van der Waals surface area contributed by atoms with Gasteiger partial charge in [-0.05, 0) is 19.4 Å².